The van der Waals surface area contributed by atoms with Crippen molar-refractivity contribution >= 4 is 17.7 Å². The number of imide groups is 1. The van der Waals surface area contributed by atoms with E-state index in [1.165, 1.54) is 29.2 Å². The van der Waals surface area contributed by atoms with Crippen molar-refractivity contribution in [1.29, 1.82) is 0 Å². The van der Waals surface area contributed by atoms with Crippen LogP contribution in [0.4, 0.5) is 13.2 Å². The second kappa shape index (κ2) is 11.0. The third kappa shape index (κ3) is 6.69. The molecule has 1 heterocycles. The van der Waals surface area contributed by atoms with Gasteiger partial charge in [0.2, 0.25) is 5.91 Å². The van der Waals surface area contributed by atoms with Gasteiger partial charge in [0.1, 0.15) is 11.9 Å². The van der Waals surface area contributed by atoms with Crippen molar-refractivity contribution in [3.8, 4) is 5.75 Å². The Balaban J connectivity index is 1.54. The highest BCUT2D eigenvalue weighted by atomic mass is 19.4. The minimum absolute atomic E-state index is 0.0253. The third-order valence-corrected chi connectivity index (χ3v) is 5.47. The first kappa shape index (κ1) is 25.0. The van der Waals surface area contributed by atoms with Crippen molar-refractivity contribution in [3.63, 3.8) is 0 Å². The summed E-state index contributed by atoms with van der Waals surface area (Å²) in [6, 6.07) is 13.9. The van der Waals surface area contributed by atoms with Gasteiger partial charge in [0.25, 0.3) is 11.8 Å². The Kier molecular flexibility index (Phi) is 8.09. The van der Waals surface area contributed by atoms with E-state index in [4.69, 9.17) is 4.74 Å². The number of hydrogen-bond acceptors (Lipinski definition) is 4. The molecule has 1 unspecified atom stereocenters. The number of rotatable bonds is 10. The van der Waals surface area contributed by atoms with Crippen LogP contribution in [0, 0.1) is 0 Å². The number of alkyl halides is 3. The van der Waals surface area contributed by atoms with E-state index in [1.807, 2.05) is 30.3 Å². The highest BCUT2D eigenvalue weighted by Gasteiger charge is 2.30. The van der Waals surface area contributed by atoms with Crippen LogP contribution in [0.2, 0.25) is 0 Å². The van der Waals surface area contributed by atoms with Crippen LogP contribution in [0.25, 0.3) is 0 Å². The van der Waals surface area contributed by atoms with Crippen LogP contribution in [0.1, 0.15) is 36.5 Å². The Morgan fingerprint density at radius 3 is 2.21 bits per heavy atom. The number of carbonyl (C=O) groups is 3. The monoisotopic (exact) mass is 474 g/mol. The highest BCUT2D eigenvalue weighted by Crippen LogP contribution is 2.32. The van der Waals surface area contributed by atoms with Gasteiger partial charge in [-0.05, 0) is 42.7 Å². The van der Waals surface area contributed by atoms with Crippen LogP contribution in [0.5, 0.6) is 5.75 Å². The zero-order valence-electron chi connectivity index (χ0n) is 18.6. The van der Waals surface area contributed by atoms with E-state index in [0.717, 1.165) is 22.6 Å². The van der Waals surface area contributed by atoms with E-state index < -0.39 is 29.7 Å². The van der Waals surface area contributed by atoms with E-state index >= 15 is 0 Å². The van der Waals surface area contributed by atoms with Gasteiger partial charge in [-0.25, -0.2) is 0 Å². The second-order valence-corrected chi connectivity index (χ2v) is 7.91. The number of carbonyl (C=O) groups excluding carboxylic acids is 3. The largest absolute Gasteiger partial charge is 0.486 e. The summed E-state index contributed by atoms with van der Waals surface area (Å²) in [5.41, 5.74) is 0.124. The van der Waals surface area contributed by atoms with Crippen molar-refractivity contribution in [2.75, 3.05) is 20.1 Å². The van der Waals surface area contributed by atoms with Gasteiger partial charge >= 0.3 is 6.18 Å². The summed E-state index contributed by atoms with van der Waals surface area (Å²) in [7, 11) is 1.64. The molecule has 3 amide bonds. The Morgan fingerprint density at radius 2 is 1.62 bits per heavy atom. The van der Waals surface area contributed by atoms with Crippen molar-refractivity contribution in [1.82, 2.24) is 9.80 Å². The lowest BCUT2D eigenvalue weighted by molar-refractivity contribution is -0.139. The Bertz CT molecular complexity index is 1020. The molecule has 0 fully saturated rings. The fourth-order valence-corrected chi connectivity index (χ4v) is 3.54. The molecule has 1 aliphatic heterocycles. The molecule has 0 aromatic heterocycles. The van der Waals surface area contributed by atoms with Crippen LogP contribution >= 0.6 is 0 Å². The van der Waals surface area contributed by atoms with Crippen LogP contribution < -0.4 is 4.74 Å². The maximum Gasteiger partial charge on any atom is 0.416 e. The van der Waals surface area contributed by atoms with Gasteiger partial charge in [0.15, 0.2) is 0 Å². The van der Waals surface area contributed by atoms with Gasteiger partial charge in [-0.3, -0.25) is 19.3 Å². The summed E-state index contributed by atoms with van der Waals surface area (Å²) in [5, 5.41) is 0. The molecular weight excluding hydrogens is 449 g/mol. The number of nitrogens with zero attached hydrogens (tertiary/aromatic N) is 2. The maximum atomic E-state index is 12.8. The molecule has 3 rings (SSSR count). The van der Waals surface area contributed by atoms with Crippen molar-refractivity contribution < 1.29 is 32.3 Å². The lowest BCUT2D eigenvalue weighted by Gasteiger charge is -2.23. The van der Waals surface area contributed by atoms with E-state index in [9.17, 15) is 27.6 Å². The van der Waals surface area contributed by atoms with Crippen LogP contribution in [-0.2, 0) is 20.6 Å². The summed E-state index contributed by atoms with van der Waals surface area (Å²) >= 11 is 0. The number of halogens is 3. The number of benzene rings is 2. The first-order valence-electron chi connectivity index (χ1n) is 10.8. The topological polar surface area (TPSA) is 66.9 Å². The Labute approximate surface area is 195 Å². The van der Waals surface area contributed by atoms with Crippen LogP contribution in [0.15, 0.2) is 66.7 Å². The molecule has 0 saturated heterocycles. The van der Waals surface area contributed by atoms with Gasteiger partial charge in [-0.1, -0.05) is 30.3 Å². The molecule has 6 nitrogen and oxygen atoms in total. The van der Waals surface area contributed by atoms with Crippen molar-refractivity contribution in [2.24, 2.45) is 0 Å². The minimum atomic E-state index is -4.42. The third-order valence-electron chi connectivity index (χ3n) is 5.47. The van der Waals surface area contributed by atoms with Gasteiger partial charge < -0.3 is 9.64 Å². The maximum absolute atomic E-state index is 12.8. The lowest BCUT2D eigenvalue weighted by Crippen LogP contribution is -2.35. The molecular formula is C25H25F3N2O4. The molecule has 34 heavy (non-hydrogen) atoms. The normalized spacial score (nSPS) is 14.4. The standard InChI is InChI=1S/C25H25F3N2O4/c1-29(22(31)15-17-30-23(32)13-14-24(30)33)16-5-8-21(18-6-3-2-4-7-18)34-20-11-9-19(10-12-20)25(26,27)28/h2-4,6-7,9-14,21H,5,8,15-17H2,1H3. The van der Waals surface area contributed by atoms with E-state index in [-0.39, 0.29) is 18.9 Å². The average molecular weight is 474 g/mol. The molecule has 0 saturated carbocycles. The van der Waals surface area contributed by atoms with Crippen LogP contribution in [-0.4, -0.2) is 47.7 Å². The van der Waals surface area contributed by atoms with E-state index in [1.54, 1.807) is 7.05 Å². The molecule has 0 spiro atoms. The summed E-state index contributed by atoms with van der Waals surface area (Å²) < 4.78 is 44.5. The molecule has 0 bridgehead atoms. The molecule has 9 heteroatoms. The fourth-order valence-electron chi connectivity index (χ4n) is 3.54. The minimum Gasteiger partial charge on any atom is -0.486 e. The first-order chi connectivity index (χ1) is 16.1. The number of ether oxygens (including phenoxy) is 1. The fraction of sp³-hybridized carbons (Fsp3) is 0.320. The van der Waals surface area contributed by atoms with Gasteiger partial charge in [-0.2, -0.15) is 13.2 Å². The number of amides is 3. The zero-order valence-corrected chi connectivity index (χ0v) is 18.6. The smallest absolute Gasteiger partial charge is 0.416 e. The van der Waals surface area contributed by atoms with Gasteiger partial charge in [-0.15, -0.1) is 0 Å². The molecule has 0 N–H and O–H groups in total. The van der Waals surface area contributed by atoms with E-state index in [2.05, 4.69) is 0 Å². The average Bonchev–Trinajstić information content (AvgIpc) is 3.14. The van der Waals surface area contributed by atoms with E-state index in [0.29, 0.717) is 25.1 Å². The molecule has 0 radical (unpaired) electrons. The Hall–Kier alpha value is -3.62. The molecule has 180 valence electrons. The second-order valence-electron chi connectivity index (χ2n) is 7.91. The lowest BCUT2D eigenvalue weighted by atomic mass is 10.0. The van der Waals surface area contributed by atoms with Gasteiger partial charge in [0, 0.05) is 38.7 Å². The predicted molar refractivity (Wildman–Crippen MR) is 119 cm³/mol. The summed E-state index contributed by atoms with van der Waals surface area (Å²) in [6.07, 6.45) is -1.35. The Morgan fingerprint density at radius 1 is 1.00 bits per heavy atom. The van der Waals surface area contributed by atoms with Crippen molar-refractivity contribution in [3.05, 3.63) is 77.9 Å². The van der Waals surface area contributed by atoms with Crippen LogP contribution in [0.3, 0.4) is 0 Å². The quantitative estimate of drug-likeness (QED) is 0.480. The zero-order chi connectivity index (χ0) is 24.7. The first-order valence-corrected chi connectivity index (χ1v) is 10.8. The predicted octanol–water partition coefficient (Wildman–Crippen LogP) is 4.38. The summed E-state index contributed by atoms with van der Waals surface area (Å²) in [6.45, 7) is 0.441. The molecule has 2 aromatic carbocycles. The highest BCUT2D eigenvalue weighted by molar-refractivity contribution is 6.13. The number of hydrogen-bond donors (Lipinski definition) is 0. The summed E-state index contributed by atoms with van der Waals surface area (Å²) in [4.78, 5) is 38.1. The SMILES string of the molecule is CN(CCCC(Oc1ccc(C(F)(F)F)cc1)c1ccccc1)C(=O)CCN1C(=O)C=CC1=O. The van der Waals surface area contributed by atoms with Gasteiger partial charge in [0.05, 0.1) is 5.56 Å². The van der Waals surface area contributed by atoms with Crippen molar-refractivity contribution in [2.45, 2.75) is 31.5 Å². The molecule has 2 aromatic rings. The molecule has 1 aliphatic rings. The molecule has 0 aliphatic carbocycles. The molecule has 1 atom stereocenters. The summed E-state index contributed by atoms with van der Waals surface area (Å²) in [5.74, 6) is -0.731.